The van der Waals surface area contributed by atoms with E-state index < -0.39 is 0 Å². The maximum atomic E-state index is 2.26. The van der Waals surface area contributed by atoms with Crippen molar-refractivity contribution in [3.63, 3.8) is 0 Å². The molecule has 1 aromatic rings. The molecule has 1 rings (SSSR count). The van der Waals surface area contributed by atoms with E-state index in [1.165, 1.54) is 17.5 Å². The van der Waals surface area contributed by atoms with Gasteiger partial charge in [0.25, 0.3) is 0 Å². The summed E-state index contributed by atoms with van der Waals surface area (Å²) in [7, 11) is 0. The molecule has 0 heterocycles. The normalized spacial score (nSPS) is 10.5. The summed E-state index contributed by atoms with van der Waals surface area (Å²) in [6, 6.07) is 8.61. The van der Waals surface area contributed by atoms with E-state index in [9.17, 15) is 0 Å². The summed E-state index contributed by atoms with van der Waals surface area (Å²) in [6.45, 7) is 6.69. The first-order chi connectivity index (χ1) is 5.20. The minimum Gasteiger partial charge on any atom is -0.0625 e. The lowest BCUT2D eigenvalue weighted by Gasteiger charge is -2.07. The molecule has 11 heavy (non-hydrogen) atoms. The van der Waals surface area contributed by atoms with Crippen LogP contribution in [0.2, 0.25) is 0 Å². The van der Waals surface area contributed by atoms with E-state index in [2.05, 4.69) is 45.0 Å². The molecule has 0 atom stereocenters. The molecule has 0 bridgehead atoms. The quantitative estimate of drug-likeness (QED) is 0.604. The van der Waals surface area contributed by atoms with Gasteiger partial charge in [-0.05, 0) is 30.4 Å². The van der Waals surface area contributed by atoms with Crippen LogP contribution in [0.3, 0.4) is 0 Å². The predicted octanol–water partition coefficient (Wildman–Crippen LogP) is 3.19. The molecule has 0 unspecified atom stereocenters. The zero-order chi connectivity index (χ0) is 8.27. The monoisotopic (exact) mass is 148 g/mol. The summed E-state index contributed by atoms with van der Waals surface area (Å²) in [5.74, 6) is 0.760. The molecule has 0 spiro atoms. The van der Waals surface area contributed by atoms with Crippen molar-refractivity contribution in [2.24, 2.45) is 5.92 Å². The molecular weight excluding hydrogens is 132 g/mol. The number of hydrogen-bond acceptors (Lipinski definition) is 0. The first-order valence-corrected chi connectivity index (χ1v) is 4.24. The molecule has 0 saturated heterocycles. The Morgan fingerprint density at radius 2 is 1.82 bits per heavy atom. The minimum atomic E-state index is 0.760. The number of rotatable bonds is 2. The van der Waals surface area contributed by atoms with Crippen molar-refractivity contribution in [1.82, 2.24) is 0 Å². The van der Waals surface area contributed by atoms with E-state index in [-0.39, 0.29) is 0 Å². The second-order valence-electron chi connectivity index (χ2n) is 3.52. The van der Waals surface area contributed by atoms with E-state index >= 15 is 0 Å². The van der Waals surface area contributed by atoms with Gasteiger partial charge in [0, 0.05) is 0 Å². The van der Waals surface area contributed by atoms with Crippen LogP contribution in [-0.2, 0) is 6.42 Å². The molecular formula is C11H16. The van der Waals surface area contributed by atoms with Gasteiger partial charge in [-0.2, -0.15) is 0 Å². The van der Waals surface area contributed by atoms with E-state index in [1.807, 2.05) is 0 Å². The second-order valence-corrected chi connectivity index (χ2v) is 3.52. The van der Waals surface area contributed by atoms with Gasteiger partial charge in [-0.1, -0.05) is 38.1 Å². The van der Waals surface area contributed by atoms with E-state index in [0.29, 0.717) is 0 Å². The smallest absolute Gasteiger partial charge is 0.0253 e. The van der Waals surface area contributed by atoms with Gasteiger partial charge in [-0.15, -0.1) is 0 Å². The number of hydrogen-bond donors (Lipinski definition) is 0. The van der Waals surface area contributed by atoms with Crippen molar-refractivity contribution >= 4 is 0 Å². The van der Waals surface area contributed by atoms with Crippen molar-refractivity contribution in [2.45, 2.75) is 27.2 Å². The zero-order valence-corrected chi connectivity index (χ0v) is 7.59. The average molecular weight is 148 g/mol. The maximum absolute atomic E-state index is 2.26. The van der Waals surface area contributed by atoms with Gasteiger partial charge in [0.05, 0.1) is 0 Å². The number of aryl methyl sites for hydroxylation is 1. The molecule has 0 aliphatic rings. The third kappa shape index (κ3) is 2.38. The second kappa shape index (κ2) is 3.56. The molecule has 0 aliphatic carbocycles. The van der Waals surface area contributed by atoms with Crippen LogP contribution in [0.1, 0.15) is 25.0 Å². The summed E-state index contributed by atoms with van der Waals surface area (Å²) >= 11 is 0. The summed E-state index contributed by atoms with van der Waals surface area (Å²) in [4.78, 5) is 0. The molecule has 60 valence electrons. The Bertz CT molecular complexity index is 223. The Balaban J connectivity index is 2.78. The average Bonchev–Trinajstić information content (AvgIpc) is 1.93. The third-order valence-corrected chi connectivity index (χ3v) is 1.89. The minimum absolute atomic E-state index is 0.760. The Hall–Kier alpha value is -0.780. The SMILES string of the molecule is Cc1ccccc1CC(C)C. The topological polar surface area (TPSA) is 0 Å². The number of benzene rings is 1. The van der Waals surface area contributed by atoms with Gasteiger partial charge in [-0.3, -0.25) is 0 Å². The van der Waals surface area contributed by atoms with Crippen LogP contribution in [0, 0.1) is 12.8 Å². The van der Waals surface area contributed by atoms with Crippen molar-refractivity contribution in [2.75, 3.05) is 0 Å². The molecule has 0 heteroatoms. The zero-order valence-electron chi connectivity index (χ0n) is 7.59. The standard InChI is InChI=1S/C11H16/c1-9(2)8-11-7-5-4-6-10(11)3/h4-7,9H,8H2,1-3H3. The molecule has 0 aromatic heterocycles. The highest BCUT2D eigenvalue weighted by Gasteiger charge is 1.98. The molecule has 0 aliphatic heterocycles. The lowest BCUT2D eigenvalue weighted by molar-refractivity contribution is 0.645. The van der Waals surface area contributed by atoms with Crippen LogP contribution in [0.4, 0.5) is 0 Å². The lowest BCUT2D eigenvalue weighted by Crippen LogP contribution is -1.95. The summed E-state index contributed by atoms with van der Waals surface area (Å²) < 4.78 is 0. The highest BCUT2D eigenvalue weighted by molar-refractivity contribution is 5.25. The Morgan fingerprint density at radius 3 is 2.36 bits per heavy atom. The Kier molecular flexibility index (Phi) is 2.70. The van der Waals surface area contributed by atoms with E-state index in [4.69, 9.17) is 0 Å². The highest BCUT2D eigenvalue weighted by atomic mass is 14.0. The van der Waals surface area contributed by atoms with E-state index in [1.54, 1.807) is 0 Å². The van der Waals surface area contributed by atoms with Crippen molar-refractivity contribution in [3.8, 4) is 0 Å². The van der Waals surface area contributed by atoms with Crippen LogP contribution in [0.25, 0.3) is 0 Å². The fourth-order valence-electron chi connectivity index (χ4n) is 1.28. The van der Waals surface area contributed by atoms with Gasteiger partial charge in [0.2, 0.25) is 0 Å². The van der Waals surface area contributed by atoms with Crippen LogP contribution < -0.4 is 0 Å². The third-order valence-electron chi connectivity index (χ3n) is 1.89. The fraction of sp³-hybridized carbons (Fsp3) is 0.455. The molecule has 0 amide bonds. The van der Waals surface area contributed by atoms with Crippen LogP contribution in [-0.4, -0.2) is 0 Å². The Labute approximate surface area is 69.3 Å². The van der Waals surface area contributed by atoms with Crippen LogP contribution in [0.5, 0.6) is 0 Å². The Morgan fingerprint density at radius 1 is 1.18 bits per heavy atom. The summed E-state index contributed by atoms with van der Waals surface area (Å²) in [6.07, 6.45) is 1.20. The van der Waals surface area contributed by atoms with Crippen molar-refractivity contribution in [1.29, 1.82) is 0 Å². The first-order valence-electron chi connectivity index (χ1n) is 4.24. The van der Waals surface area contributed by atoms with Crippen molar-refractivity contribution in [3.05, 3.63) is 35.4 Å². The van der Waals surface area contributed by atoms with Crippen LogP contribution in [0.15, 0.2) is 24.3 Å². The lowest BCUT2D eigenvalue weighted by atomic mass is 9.99. The molecule has 0 radical (unpaired) electrons. The molecule has 0 N–H and O–H groups in total. The van der Waals surface area contributed by atoms with Crippen LogP contribution >= 0.6 is 0 Å². The summed E-state index contributed by atoms with van der Waals surface area (Å²) in [5.41, 5.74) is 2.91. The molecule has 1 aromatic carbocycles. The fourth-order valence-corrected chi connectivity index (χ4v) is 1.28. The van der Waals surface area contributed by atoms with Gasteiger partial charge < -0.3 is 0 Å². The first kappa shape index (κ1) is 8.32. The van der Waals surface area contributed by atoms with Crippen molar-refractivity contribution < 1.29 is 0 Å². The van der Waals surface area contributed by atoms with Gasteiger partial charge in [0.15, 0.2) is 0 Å². The maximum Gasteiger partial charge on any atom is -0.0253 e. The summed E-state index contributed by atoms with van der Waals surface area (Å²) in [5, 5.41) is 0. The molecule has 0 nitrogen and oxygen atoms in total. The van der Waals surface area contributed by atoms with E-state index in [0.717, 1.165) is 5.92 Å². The highest BCUT2D eigenvalue weighted by Crippen LogP contribution is 2.11. The predicted molar refractivity (Wildman–Crippen MR) is 49.7 cm³/mol. The van der Waals surface area contributed by atoms with Gasteiger partial charge >= 0.3 is 0 Å². The van der Waals surface area contributed by atoms with Gasteiger partial charge in [-0.25, -0.2) is 0 Å². The van der Waals surface area contributed by atoms with Gasteiger partial charge in [0.1, 0.15) is 0 Å². The molecule has 0 fully saturated rings. The largest absolute Gasteiger partial charge is 0.0625 e. The molecule has 0 saturated carbocycles.